The lowest BCUT2D eigenvalue weighted by Crippen LogP contribution is -2.31. The first-order valence-corrected chi connectivity index (χ1v) is 12.2. The second kappa shape index (κ2) is 8.60. The number of nitrogens with zero attached hydrogens (tertiary/aromatic N) is 3. The number of likely N-dealkylation sites (tertiary alicyclic amines) is 1. The SMILES string of the molecule is O=C(c1ccc(-c2ccc3nccc(Nc4ccc5scnc5c4)c3c2)c(F)c1)N1CCC(F)(F)C1. The molecule has 5 aromatic rings. The number of hydrogen-bond acceptors (Lipinski definition) is 5. The molecule has 0 bridgehead atoms. The van der Waals surface area contributed by atoms with Gasteiger partial charge in [-0.05, 0) is 54.1 Å². The molecule has 1 aliphatic heterocycles. The molecule has 0 spiro atoms. The molecular weight excluding hydrogens is 485 g/mol. The highest BCUT2D eigenvalue weighted by Gasteiger charge is 2.40. The summed E-state index contributed by atoms with van der Waals surface area (Å²) < 4.78 is 43.3. The Bertz CT molecular complexity index is 1630. The third-order valence-corrected chi connectivity index (χ3v) is 7.14. The highest BCUT2D eigenvalue weighted by atomic mass is 32.1. The summed E-state index contributed by atoms with van der Waals surface area (Å²) in [7, 11) is 0. The number of carbonyl (C=O) groups is 1. The smallest absolute Gasteiger partial charge is 0.267 e. The van der Waals surface area contributed by atoms with Gasteiger partial charge in [-0.1, -0.05) is 12.1 Å². The lowest BCUT2D eigenvalue weighted by molar-refractivity contribution is 0.0120. The highest BCUT2D eigenvalue weighted by Crippen LogP contribution is 2.33. The summed E-state index contributed by atoms with van der Waals surface area (Å²) in [6.07, 6.45) is 1.33. The summed E-state index contributed by atoms with van der Waals surface area (Å²) in [5.74, 6) is -4.09. The zero-order valence-electron chi connectivity index (χ0n) is 18.8. The molecule has 1 amide bonds. The Morgan fingerprint density at radius 3 is 2.69 bits per heavy atom. The molecule has 9 heteroatoms. The maximum Gasteiger partial charge on any atom is 0.267 e. The Balaban J connectivity index is 1.32. The lowest BCUT2D eigenvalue weighted by atomic mass is 10.00. The molecule has 5 nitrogen and oxygen atoms in total. The molecule has 1 N–H and O–H groups in total. The second-order valence-electron chi connectivity index (χ2n) is 8.78. The van der Waals surface area contributed by atoms with Crippen molar-refractivity contribution >= 4 is 49.7 Å². The quantitative estimate of drug-likeness (QED) is 0.290. The number of aromatic nitrogens is 2. The van der Waals surface area contributed by atoms with E-state index in [1.54, 1.807) is 29.1 Å². The zero-order valence-corrected chi connectivity index (χ0v) is 19.7. The third kappa shape index (κ3) is 4.15. The van der Waals surface area contributed by atoms with E-state index in [1.807, 2.05) is 36.4 Å². The van der Waals surface area contributed by atoms with Crippen molar-refractivity contribution in [1.82, 2.24) is 14.9 Å². The average Bonchev–Trinajstić information content (AvgIpc) is 3.49. The van der Waals surface area contributed by atoms with E-state index in [4.69, 9.17) is 0 Å². The van der Waals surface area contributed by atoms with E-state index >= 15 is 4.39 Å². The maximum absolute atomic E-state index is 15.1. The van der Waals surface area contributed by atoms with E-state index in [0.717, 1.165) is 43.5 Å². The number of benzene rings is 3. The van der Waals surface area contributed by atoms with Crippen LogP contribution in [-0.4, -0.2) is 39.8 Å². The van der Waals surface area contributed by atoms with Crippen molar-refractivity contribution in [3.05, 3.63) is 83.8 Å². The third-order valence-electron chi connectivity index (χ3n) is 6.33. The average molecular weight is 505 g/mol. The molecule has 2 aromatic heterocycles. The largest absolute Gasteiger partial charge is 0.355 e. The topological polar surface area (TPSA) is 58.1 Å². The second-order valence-corrected chi connectivity index (χ2v) is 9.66. The van der Waals surface area contributed by atoms with Gasteiger partial charge in [0, 0.05) is 47.1 Å². The van der Waals surface area contributed by atoms with Gasteiger partial charge in [0.05, 0.1) is 27.8 Å². The van der Waals surface area contributed by atoms with Crippen molar-refractivity contribution in [2.75, 3.05) is 18.4 Å². The number of thiazole rings is 1. The van der Waals surface area contributed by atoms with Crippen LogP contribution in [0.4, 0.5) is 24.5 Å². The minimum atomic E-state index is -2.90. The van der Waals surface area contributed by atoms with Gasteiger partial charge in [0.2, 0.25) is 0 Å². The van der Waals surface area contributed by atoms with E-state index in [9.17, 15) is 13.6 Å². The molecule has 0 saturated carbocycles. The molecule has 3 heterocycles. The number of anilines is 2. The lowest BCUT2D eigenvalue weighted by Gasteiger charge is -2.16. The Morgan fingerprint density at radius 1 is 1.00 bits per heavy atom. The zero-order chi connectivity index (χ0) is 24.9. The van der Waals surface area contributed by atoms with Gasteiger partial charge in [0.15, 0.2) is 0 Å². The summed E-state index contributed by atoms with van der Waals surface area (Å²) in [4.78, 5) is 22.4. The monoisotopic (exact) mass is 504 g/mol. The van der Waals surface area contributed by atoms with Gasteiger partial charge < -0.3 is 10.2 Å². The molecular formula is C27H19F3N4OS. The first-order valence-electron chi connectivity index (χ1n) is 11.3. The minimum Gasteiger partial charge on any atom is -0.355 e. The van der Waals surface area contributed by atoms with Crippen LogP contribution in [0.2, 0.25) is 0 Å². The number of amides is 1. The number of rotatable bonds is 4. The van der Waals surface area contributed by atoms with E-state index < -0.39 is 24.2 Å². The Kier molecular flexibility index (Phi) is 5.37. The van der Waals surface area contributed by atoms with Gasteiger partial charge in [0.25, 0.3) is 11.8 Å². The molecule has 1 aliphatic rings. The normalized spacial score (nSPS) is 15.0. The van der Waals surface area contributed by atoms with Crippen LogP contribution in [-0.2, 0) is 0 Å². The van der Waals surface area contributed by atoms with E-state index in [-0.39, 0.29) is 18.5 Å². The van der Waals surface area contributed by atoms with E-state index in [0.29, 0.717) is 11.1 Å². The Morgan fingerprint density at radius 2 is 1.89 bits per heavy atom. The molecule has 0 atom stereocenters. The van der Waals surface area contributed by atoms with Crippen molar-refractivity contribution in [2.45, 2.75) is 12.3 Å². The van der Waals surface area contributed by atoms with Crippen molar-refractivity contribution in [2.24, 2.45) is 0 Å². The molecule has 180 valence electrons. The van der Waals surface area contributed by atoms with Gasteiger partial charge in [-0.25, -0.2) is 18.2 Å². The molecule has 0 unspecified atom stereocenters. The number of halogens is 3. The van der Waals surface area contributed by atoms with Crippen molar-refractivity contribution in [1.29, 1.82) is 0 Å². The van der Waals surface area contributed by atoms with Crippen LogP contribution in [0.25, 0.3) is 32.2 Å². The molecule has 6 rings (SSSR count). The van der Waals surface area contributed by atoms with Crippen LogP contribution < -0.4 is 5.32 Å². The highest BCUT2D eigenvalue weighted by molar-refractivity contribution is 7.16. The first-order chi connectivity index (χ1) is 17.4. The molecule has 0 aliphatic carbocycles. The Hall–Kier alpha value is -3.98. The fourth-order valence-corrected chi connectivity index (χ4v) is 5.15. The van der Waals surface area contributed by atoms with Crippen LogP contribution in [0.1, 0.15) is 16.8 Å². The van der Waals surface area contributed by atoms with E-state index in [1.165, 1.54) is 12.1 Å². The van der Waals surface area contributed by atoms with Crippen molar-refractivity contribution in [3.63, 3.8) is 0 Å². The predicted octanol–water partition coefficient (Wildman–Crippen LogP) is 6.88. The summed E-state index contributed by atoms with van der Waals surface area (Å²) in [6, 6.07) is 17.3. The molecule has 1 fully saturated rings. The first kappa shape index (κ1) is 22.5. The van der Waals surface area contributed by atoms with Crippen LogP contribution >= 0.6 is 11.3 Å². The predicted molar refractivity (Wildman–Crippen MR) is 136 cm³/mol. The van der Waals surface area contributed by atoms with Gasteiger partial charge >= 0.3 is 0 Å². The molecule has 1 saturated heterocycles. The van der Waals surface area contributed by atoms with Gasteiger partial charge in [0.1, 0.15) is 5.82 Å². The molecule has 3 aromatic carbocycles. The fraction of sp³-hybridized carbons (Fsp3) is 0.148. The molecule has 36 heavy (non-hydrogen) atoms. The van der Waals surface area contributed by atoms with Crippen molar-refractivity contribution < 1.29 is 18.0 Å². The summed E-state index contributed by atoms with van der Waals surface area (Å²) in [5, 5.41) is 4.20. The summed E-state index contributed by atoms with van der Waals surface area (Å²) in [5.41, 5.74) is 6.08. The number of nitrogens with one attached hydrogen (secondary N) is 1. The van der Waals surface area contributed by atoms with Gasteiger partial charge in [-0.2, -0.15) is 0 Å². The maximum atomic E-state index is 15.1. The van der Waals surface area contributed by atoms with Gasteiger partial charge in [-0.3, -0.25) is 9.78 Å². The number of pyridine rings is 1. The number of hydrogen-bond donors (Lipinski definition) is 1. The minimum absolute atomic E-state index is 0.0436. The van der Waals surface area contributed by atoms with Crippen LogP contribution in [0, 0.1) is 5.82 Å². The van der Waals surface area contributed by atoms with Crippen LogP contribution in [0.15, 0.2) is 72.4 Å². The fourth-order valence-electron chi connectivity index (χ4n) is 4.49. The number of alkyl halides is 2. The summed E-state index contributed by atoms with van der Waals surface area (Å²) in [6.45, 7) is -0.684. The van der Waals surface area contributed by atoms with Crippen molar-refractivity contribution in [3.8, 4) is 11.1 Å². The van der Waals surface area contributed by atoms with Crippen LogP contribution in [0.5, 0.6) is 0 Å². The van der Waals surface area contributed by atoms with Crippen LogP contribution in [0.3, 0.4) is 0 Å². The Labute approximate surface area is 208 Å². The number of fused-ring (bicyclic) bond motifs is 2. The molecule has 0 radical (unpaired) electrons. The number of carbonyl (C=O) groups excluding carboxylic acids is 1. The van der Waals surface area contributed by atoms with E-state index in [2.05, 4.69) is 15.3 Å². The standard InChI is InChI=1S/C27H19F3N4OS/c28-21-12-17(26(35)34-10-8-27(29,30)14-34)1-4-19(21)16-2-5-22-20(11-16)23(7-9-31-22)33-18-3-6-25-24(13-18)32-15-36-25/h1-7,9,11-13,15H,8,10,14H2,(H,31,33). The van der Waals surface area contributed by atoms with Gasteiger partial charge in [-0.15, -0.1) is 11.3 Å². The summed E-state index contributed by atoms with van der Waals surface area (Å²) >= 11 is 1.57.